The molecule has 2 rings (SSSR count). The lowest BCUT2D eigenvalue weighted by molar-refractivity contribution is 0.415. The van der Waals surface area contributed by atoms with Gasteiger partial charge in [0.15, 0.2) is 0 Å². The summed E-state index contributed by atoms with van der Waals surface area (Å²) in [5.74, 6) is 0.950. The predicted octanol–water partition coefficient (Wildman–Crippen LogP) is 2.96. The maximum atomic E-state index is 5.41. The predicted molar refractivity (Wildman–Crippen MR) is 81.2 cm³/mol. The molecule has 2 aromatic rings. The Balaban J connectivity index is 2.55. The van der Waals surface area contributed by atoms with Crippen LogP contribution in [0.2, 0.25) is 0 Å². The SMILES string of the molecule is CNCCCc1c(C)n(C)c2c(C)cc(OC)cc12. The molecule has 0 fully saturated rings. The van der Waals surface area contributed by atoms with Gasteiger partial charge in [-0.05, 0) is 63.5 Å². The summed E-state index contributed by atoms with van der Waals surface area (Å²) in [5.41, 5.74) is 5.43. The highest BCUT2D eigenvalue weighted by Crippen LogP contribution is 2.32. The molecule has 1 heterocycles. The molecule has 3 heteroatoms. The molecule has 3 nitrogen and oxygen atoms in total. The van der Waals surface area contributed by atoms with Crippen LogP contribution in [0.25, 0.3) is 10.9 Å². The van der Waals surface area contributed by atoms with Crippen molar-refractivity contribution in [1.82, 2.24) is 9.88 Å². The molecule has 0 radical (unpaired) electrons. The fourth-order valence-corrected chi connectivity index (χ4v) is 2.86. The molecular formula is C16H24N2O. The van der Waals surface area contributed by atoms with E-state index in [1.165, 1.54) is 27.7 Å². The topological polar surface area (TPSA) is 26.2 Å². The molecule has 0 saturated carbocycles. The van der Waals surface area contributed by atoms with Crippen molar-refractivity contribution < 1.29 is 4.74 Å². The Morgan fingerprint density at radius 1 is 1.26 bits per heavy atom. The Bertz CT molecular complexity index is 584. The van der Waals surface area contributed by atoms with Gasteiger partial charge in [0.25, 0.3) is 0 Å². The number of methoxy groups -OCH3 is 1. The molecule has 1 aromatic heterocycles. The van der Waals surface area contributed by atoms with Gasteiger partial charge < -0.3 is 14.6 Å². The Kier molecular flexibility index (Phi) is 4.15. The van der Waals surface area contributed by atoms with Gasteiger partial charge in [-0.25, -0.2) is 0 Å². The second-order valence-electron chi connectivity index (χ2n) is 5.17. The highest BCUT2D eigenvalue weighted by Gasteiger charge is 2.14. The van der Waals surface area contributed by atoms with Gasteiger partial charge in [-0.15, -0.1) is 0 Å². The lowest BCUT2D eigenvalue weighted by Gasteiger charge is -2.06. The van der Waals surface area contributed by atoms with Crippen molar-refractivity contribution >= 4 is 10.9 Å². The van der Waals surface area contributed by atoms with Gasteiger partial charge in [-0.2, -0.15) is 0 Å². The fraction of sp³-hybridized carbons (Fsp3) is 0.500. The number of fused-ring (bicyclic) bond motifs is 1. The number of nitrogens with one attached hydrogen (secondary N) is 1. The maximum Gasteiger partial charge on any atom is 0.119 e. The number of aromatic nitrogens is 1. The normalized spacial score (nSPS) is 11.2. The van der Waals surface area contributed by atoms with Crippen LogP contribution < -0.4 is 10.1 Å². The minimum absolute atomic E-state index is 0.950. The van der Waals surface area contributed by atoms with Crippen molar-refractivity contribution in [2.75, 3.05) is 20.7 Å². The zero-order valence-electron chi connectivity index (χ0n) is 12.6. The maximum absolute atomic E-state index is 5.41. The summed E-state index contributed by atoms with van der Waals surface area (Å²) in [5, 5.41) is 4.56. The number of hydrogen-bond donors (Lipinski definition) is 1. The molecule has 0 bridgehead atoms. The third-order valence-electron chi connectivity index (χ3n) is 3.96. The van der Waals surface area contributed by atoms with E-state index < -0.39 is 0 Å². The monoisotopic (exact) mass is 260 g/mol. The van der Waals surface area contributed by atoms with Crippen LogP contribution in [0.4, 0.5) is 0 Å². The van der Waals surface area contributed by atoms with Crippen LogP contribution >= 0.6 is 0 Å². The van der Waals surface area contributed by atoms with Gasteiger partial charge >= 0.3 is 0 Å². The van der Waals surface area contributed by atoms with E-state index in [1.807, 2.05) is 7.05 Å². The summed E-state index contributed by atoms with van der Waals surface area (Å²) in [6.45, 7) is 5.42. The van der Waals surface area contributed by atoms with E-state index in [2.05, 4.69) is 42.9 Å². The van der Waals surface area contributed by atoms with Crippen molar-refractivity contribution in [3.05, 3.63) is 29.0 Å². The van der Waals surface area contributed by atoms with Gasteiger partial charge in [-0.3, -0.25) is 0 Å². The summed E-state index contributed by atoms with van der Waals surface area (Å²) in [6, 6.07) is 4.28. The van der Waals surface area contributed by atoms with Crippen molar-refractivity contribution in [2.24, 2.45) is 7.05 Å². The summed E-state index contributed by atoms with van der Waals surface area (Å²) < 4.78 is 7.72. The van der Waals surface area contributed by atoms with Crippen LogP contribution in [-0.4, -0.2) is 25.3 Å². The molecule has 0 amide bonds. The minimum Gasteiger partial charge on any atom is -0.497 e. The van der Waals surface area contributed by atoms with Crippen LogP contribution in [0.1, 0.15) is 23.2 Å². The molecule has 0 unspecified atom stereocenters. The van der Waals surface area contributed by atoms with Crippen LogP contribution in [0.5, 0.6) is 5.75 Å². The van der Waals surface area contributed by atoms with E-state index in [0.29, 0.717) is 0 Å². The average molecular weight is 260 g/mol. The zero-order chi connectivity index (χ0) is 14.0. The number of benzene rings is 1. The van der Waals surface area contributed by atoms with Crippen LogP contribution in [0.3, 0.4) is 0 Å². The minimum atomic E-state index is 0.950. The highest BCUT2D eigenvalue weighted by molar-refractivity contribution is 5.89. The van der Waals surface area contributed by atoms with Gasteiger partial charge in [0.05, 0.1) is 12.6 Å². The third kappa shape index (κ3) is 2.47. The lowest BCUT2D eigenvalue weighted by atomic mass is 10.0. The molecule has 0 atom stereocenters. The molecule has 0 aliphatic carbocycles. The Hall–Kier alpha value is -1.48. The van der Waals surface area contributed by atoms with E-state index in [0.717, 1.165) is 25.1 Å². The van der Waals surface area contributed by atoms with E-state index in [9.17, 15) is 0 Å². The van der Waals surface area contributed by atoms with Gasteiger partial charge in [0, 0.05) is 18.1 Å². The smallest absolute Gasteiger partial charge is 0.119 e. The first-order chi connectivity index (χ1) is 9.10. The van der Waals surface area contributed by atoms with Crippen LogP contribution in [0.15, 0.2) is 12.1 Å². The Morgan fingerprint density at radius 3 is 2.63 bits per heavy atom. The van der Waals surface area contributed by atoms with E-state index >= 15 is 0 Å². The van der Waals surface area contributed by atoms with Crippen molar-refractivity contribution in [2.45, 2.75) is 26.7 Å². The van der Waals surface area contributed by atoms with Gasteiger partial charge in [-0.1, -0.05) is 0 Å². The average Bonchev–Trinajstić information content (AvgIpc) is 2.64. The van der Waals surface area contributed by atoms with Crippen molar-refractivity contribution in [3.63, 3.8) is 0 Å². The Morgan fingerprint density at radius 2 is 2.00 bits per heavy atom. The van der Waals surface area contributed by atoms with Gasteiger partial charge in [0.2, 0.25) is 0 Å². The second-order valence-corrected chi connectivity index (χ2v) is 5.17. The molecule has 104 valence electrons. The third-order valence-corrected chi connectivity index (χ3v) is 3.96. The zero-order valence-corrected chi connectivity index (χ0v) is 12.6. The number of rotatable bonds is 5. The largest absolute Gasteiger partial charge is 0.497 e. The number of ether oxygens (including phenoxy) is 1. The second kappa shape index (κ2) is 5.66. The lowest BCUT2D eigenvalue weighted by Crippen LogP contribution is -2.08. The molecule has 0 aliphatic heterocycles. The standard InChI is InChI=1S/C16H24N2O/c1-11-9-13(19-5)10-15-14(7-6-8-17-3)12(2)18(4)16(11)15/h9-10,17H,6-8H2,1-5H3. The number of nitrogens with zero attached hydrogens (tertiary/aromatic N) is 1. The molecule has 1 N–H and O–H groups in total. The van der Waals surface area contributed by atoms with Crippen molar-refractivity contribution in [3.8, 4) is 5.75 Å². The van der Waals surface area contributed by atoms with E-state index in [1.54, 1.807) is 7.11 Å². The highest BCUT2D eigenvalue weighted by atomic mass is 16.5. The number of aryl methyl sites for hydroxylation is 3. The molecular weight excluding hydrogens is 236 g/mol. The van der Waals surface area contributed by atoms with Crippen LogP contribution in [-0.2, 0) is 13.5 Å². The number of hydrogen-bond acceptors (Lipinski definition) is 2. The summed E-state index contributed by atoms with van der Waals surface area (Å²) in [7, 11) is 5.89. The van der Waals surface area contributed by atoms with Crippen molar-refractivity contribution in [1.29, 1.82) is 0 Å². The Labute approximate surface area is 115 Å². The summed E-state index contributed by atoms with van der Waals surface area (Å²) in [4.78, 5) is 0. The molecule has 19 heavy (non-hydrogen) atoms. The summed E-state index contributed by atoms with van der Waals surface area (Å²) >= 11 is 0. The fourth-order valence-electron chi connectivity index (χ4n) is 2.86. The first-order valence-corrected chi connectivity index (χ1v) is 6.87. The quantitative estimate of drug-likeness (QED) is 0.837. The summed E-state index contributed by atoms with van der Waals surface area (Å²) in [6.07, 6.45) is 2.27. The molecule has 0 aliphatic rings. The molecule has 0 spiro atoms. The molecule has 1 aromatic carbocycles. The first-order valence-electron chi connectivity index (χ1n) is 6.87. The van der Waals surface area contributed by atoms with E-state index in [4.69, 9.17) is 4.74 Å². The first kappa shape index (κ1) is 13.9. The van der Waals surface area contributed by atoms with Gasteiger partial charge in [0.1, 0.15) is 5.75 Å². The van der Waals surface area contributed by atoms with Crippen LogP contribution in [0, 0.1) is 13.8 Å². The molecule has 0 saturated heterocycles. The van der Waals surface area contributed by atoms with E-state index in [-0.39, 0.29) is 0 Å².